The van der Waals surface area contributed by atoms with Crippen LogP contribution in [0.4, 0.5) is 5.69 Å². The van der Waals surface area contributed by atoms with Gasteiger partial charge in [-0.1, -0.05) is 72.8 Å². The fourth-order valence-corrected chi connectivity index (χ4v) is 4.66. The van der Waals surface area contributed by atoms with E-state index in [1.165, 1.54) is 27.7 Å². The largest absolute Gasteiger partial charge is 0.299 e. The molecule has 0 aromatic heterocycles. The number of rotatable bonds is 5. The van der Waals surface area contributed by atoms with E-state index >= 15 is 0 Å². The molecule has 1 aliphatic heterocycles. The highest BCUT2D eigenvalue weighted by molar-refractivity contribution is 6.07. The fraction of sp³-hybridized carbons (Fsp3) is 0.214. The molecule has 3 aromatic carbocycles. The van der Waals surface area contributed by atoms with E-state index in [2.05, 4.69) is 74.0 Å². The third-order valence-electron chi connectivity index (χ3n) is 6.16. The molecule has 1 aliphatic rings. The van der Waals surface area contributed by atoms with Crippen LogP contribution in [0.1, 0.15) is 37.8 Å². The summed E-state index contributed by atoms with van der Waals surface area (Å²) in [7, 11) is 2.13. The first kappa shape index (κ1) is 20.0. The van der Waals surface area contributed by atoms with Crippen LogP contribution in [0, 0.1) is 0 Å². The van der Waals surface area contributed by atoms with Crippen LogP contribution < -0.4 is 0 Å². The summed E-state index contributed by atoms with van der Waals surface area (Å²) in [6.45, 7) is 6.22. The first-order valence-electron chi connectivity index (χ1n) is 10.4. The lowest BCUT2D eigenvalue weighted by atomic mass is 9.79. The van der Waals surface area contributed by atoms with Crippen molar-refractivity contribution in [1.29, 1.82) is 0 Å². The molecule has 0 fully saturated rings. The number of Topliss-reactive ketones (excluding diaryl/α,β-unsaturated/α-hetero) is 1. The maximum Gasteiger partial charge on any atom is 0.210 e. The Morgan fingerprint density at radius 2 is 1.63 bits per heavy atom. The van der Waals surface area contributed by atoms with Crippen molar-refractivity contribution in [1.82, 2.24) is 0 Å². The number of hydrogen-bond acceptors (Lipinski definition) is 1. The van der Waals surface area contributed by atoms with Gasteiger partial charge in [0.05, 0.1) is 11.3 Å². The second-order valence-corrected chi connectivity index (χ2v) is 8.49. The van der Waals surface area contributed by atoms with E-state index in [4.69, 9.17) is 0 Å². The minimum Gasteiger partial charge on any atom is -0.299 e. The Labute approximate surface area is 178 Å². The van der Waals surface area contributed by atoms with Crippen molar-refractivity contribution in [3.05, 3.63) is 102 Å². The summed E-state index contributed by atoms with van der Waals surface area (Å²) >= 11 is 0. The molecule has 1 atom stereocenters. The summed E-state index contributed by atoms with van der Waals surface area (Å²) in [6, 6.07) is 22.9. The number of nitrogens with zero attached hydrogens (tertiary/aromatic N) is 1. The van der Waals surface area contributed by atoms with Crippen LogP contribution in [0.25, 0.3) is 10.8 Å². The minimum atomic E-state index is -0.212. The number of carbonyl (C=O) groups is 1. The van der Waals surface area contributed by atoms with Gasteiger partial charge in [0, 0.05) is 17.7 Å². The normalized spacial score (nSPS) is 16.5. The molecule has 0 radical (unpaired) electrons. The van der Waals surface area contributed by atoms with Crippen molar-refractivity contribution < 1.29 is 9.37 Å². The molecule has 0 aliphatic carbocycles. The number of benzene rings is 3. The number of allylic oxidation sites excluding steroid dienone is 4. The Kier molecular flexibility index (Phi) is 5.26. The van der Waals surface area contributed by atoms with Crippen LogP contribution in [0.5, 0.6) is 0 Å². The number of ketones is 1. The van der Waals surface area contributed by atoms with Crippen LogP contribution >= 0.6 is 0 Å². The number of hydrogen-bond donors (Lipinski definition) is 0. The van der Waals surface area contributed by atoms with Gasteiger partial charge in [-0.2, -0.15) is 4.58 Å². The van der Waals surface area contributed by atoms with Gasteiger partial charge >= 0.3 is 0 Å². The molecule has 0 amide bonds. The Morgan fingerprint density at radius 1 is 0.933 bits per heavy atom. The van der Waals surface area contributed by atoms with E-state index in [-0.39, 0.29) is 17.1 Å². The molecule has 0 saturated carbocycles. The van der Waals surface area contributed by atoms with Crippen molar-refractivity contribution in [2.24, 2.45) is 0 Å². The van der Waals surface area contributed by atoms with Crippen molar-refractivity contribution >= 4 is 28.0 Å². The highest BCUT2D eigenvalue weighted by Crippen LogP contribution is 2.43. The molecule has 0 N–H and O–H groups in total. The molecule has 30 heavy (non-hydrogen) atoms. The van der Waals surface area contributed by atoms with Crippen molar-refractivity contribution in [2.45, 2.75) is 32.1 Å². The molecule has 0 saturated heterocycles. The average molecular weight is 395 g/mol. The van der Waals surface area contributed by atoms with Gasteiger partial charge in [0.25, 0.3) is 0 Å². The lowest BCUT2D eigenvalue weighted by Gasteiger charge is -2.17. The van der Waals surface area contributed by atoms with E-state index < -0.39 is 0 Å². The summed E-state index contributed by atoms with van der Waals surface area (Å²) in [5, 5.41) is 2.58. The van der Waals surface area contributed by atoms with Crippen molar-refractivity contribution in [2.75, 3.05) is 7.05 Å². The first-order chi connectivity index (χ1) is 14.4. The molecule has 2 nitrogen and oxygen atoms in total. The quantitative estimate of drug-likeness (QED) is 0.366. The van der Waals surface area contributed by atoms with E-state index in [1.54, 1.807) is 6.92 Å². The second kappa shape index (κ2) is 7.87. The van der Waals surface area contributed by atoms with E-state index in [0.717, 1.165) is 5.56 Å². The molecular weight excluding hydrogens is 366 g/mol. The molecular formula is C28H28NO+. The van der Waals surface area contributed by atoms with Gasteiger partial charge in [-0.15, -0.1) is 0 Å². The molecule has 4 rings (SSSR count). The Hall–Kier alpha value is -3.26. The number of fused-ring (bicyclic) bond motifs is 3. The molecule has 3 aromatic rings. The molecule has 2 heteroatoms. The van der Waals surface area contributed by atoms with E-state index in [1.807, 2.05) is 42.5 Å². The lowest BCUT2D eigenvalue weighted by molar-refractivity contribution is -0.401. The van der Waals surface area contributed by atoms with Gasteiger partial charge in [-0.05, 0) is 43.2 Å². The van der Waals surface area contributed by atoms with Crippen molar-refractivity contribution in [3.63, 3.8) is 0 Å². The van der Waals surface area contributed by atoms with Gasteiger partial charge in [-0.3, -0.25) is 4.79 Å². The summed E-state index contributed by atoms with van der Waals surface area (Å²) in [6.07, 6.45) is 8.21. The monoisotopic (exact) mass is 394 g/mol. The third-order valence-corrected chi connectivity index (χ3v) is 6.16. The van der Waals surface area contributed by atoms with Crippen LogP contribution in [-0.2, 0) is 10.2 Å². The molecule has 0 bridgehead atoms. The predicted molar refractivity (Wildman–Crippen MR) is 126 cm³/mol. The summed E-state index contributed by atoms with van der Waals surface area (Å²) < 4.78 is 2.28. The maximum absolute atomic E-state index is 12.1. The Morgan fingerprint density at radius 3 is 2.37 bits per heavy atom. The lowest BCUT2D eigenvalue weighted by Crippen LogP contribution is -2.26. The van der Waals surface area contributed by atoms with Gasteiger partial charge < -0.3 is 0 Å². The van der Waals surface area contributed by atoms with Gasteiger partial charge in [0.15, 0.2) is 5.71 Å². The Bertz CT molecular complexity index is 1200. The molecule has 150 valence electrons. The zero-order valence-corrected chi connectivity index (χ0v) is 18.1. The van der Waals surface area contributed by atoms with Gasteiger partial charge in [0.1, 0.15) is 12.8 Å². The van der Waals surface area contributed by atoms with Gasteiger partial charge in [0.2, 0.25) is 5.69 Å². The number of carbonyl (C=O) groups excluding carboxylic acids is 1. The molecule has 1 heterocycles. The van der Waals surface area contributed by atoms with Crippen LogP contribution in [0.3, 0.4) is 0 Å². The average Bonchev–Trinajstić information content (AvgIpc) is 2.94. The second-order valence-electron chi connectivity index (χ2n) is 8.49. The molecule has 1 unspecified atom stereocenters. The summed E-state index contributed by atoms with van der Waals surface area (Å²) in [5.41, 5.74) is 4.80. The SMILES string of the molecule is CC(=O)C(C=CC=CC1=[N+](C)c2ccc3ccccc3c2C1(C)C)c1ccccc1. The van der Waals surface area contributed by atoms with E-state index in [0.29, 0.717) is 0 Å². The zero-order valence-electron chi connectivity index (χ0n) is 18.1. The van der Waals surface area contributed by atoms with Crippen LogP contribution in [0.2, 0.25) is 0 Å². The summed E-state index contributed by atoms with van der Waals surface area (Å²) in [4.78, 5) is 12.1. The highest BCUT2D eigenvalue weighted by Gasteiger charge is 2.43. The Balaban J connectivity index is 1.65. The van der Waals surface area contributed by atoms with Gasteiger partial charge in [-0.25, -0.2) is 0 Å². The fourth-order valence-electron chi connectivity index (χ4n) is 4.66. The maximum atomic E-state index is 12.1. The smallest absolute Gasteiger partial charge is 0.210 e. The third kappa shape index (κ3) is 3.43. The standard InChI is InChI=1S/C28H28NO/c1-20(30)23(21-12-6-5-7-13-21)15-10-11-17-26-28(2,3)27-24-16-9-8-14-22(24)18-19-25(27)29(26)4/h5-19,23H,1-4H3/q+1. The predicted octanol–water partition coefficient (Wildman–Crippen LogP) is 6.33. The highest BCUT2D eigenvalue weighted by atomic mass is 16.1. The van der Waals surface area contributed by atoms with Crippen LogP contribution in [-0.4, -0.2) is 23.1 Å². The first-order valence-corrected chi connectivity index (χ1v) is 10.4. The minimum absolute atomic E-state index is 0.102. The van der Waals surface area contributed by atoms with Crippen LogP contribution in [0.15, 0.2) is 91.0 Å². The van der Waals surface area contributed by atoms with E-state index in [9.17, 15) is 4.79 Å². The summed E-state index contributed by atoms with van der Waals surface area (Å²) in [5.74, 6) is -0.0630. The zero-order chi connectivity index (χ0) is 21.3. The molecule has 0 spiro atoms. The van der Waals surface area contributed by atoms with Crippen molar-refractivity contribution in [3.8, 4) is 0 Å². The topological polar surface area (TPSA) is 20.1 Å².